The van der Waals surface area contributed by atoms with E-state index in [1.807, 2.05) is 24.9 Å². The molecule has 9 heterocycles. The number of fused-ring (bicyclic) bond motifs is 24. The third-order valence-corrected chi connectivity index (χ3v) is 11.9. The molecule has 6 aliphatic heterocycles. The maximum atomic E-state index is 5.33. The summed E-state index contributed by atoms with van der Waals surface area (Å²) < 4.78 is 0. The third kappa shape index (κ3) is 4.46. The van der Waals surface area contributed by atoms with Crippen molar-refractivity contribution in [3.63, 3.8) is 0 Å². The predicted molar refractivity (Wildman–Crippen MR) is 220 cm³/mol. The molecular weight excluding hydrogens is 697 g/mol. The highest BCUT2D eigenvalue weighted by molar-refractivity contribution is 6.07. The molecule has 2 N–H and O–H groups in total. The zero-order valence-corrected chi connectivity index (χ0v) is 30.1. The van der Waals surface area contributed by atoms with Crippen LogP contribution in [0.3, 0.4) is 0 Å². The van der Waals surface area contributed by atoms with Crippen molar-refractivity contribution < 1.29 is 0 Å². The van der Waals surface area contributed by atoms with Crippen LogP contribution in [0.1, 0.15) is 44.5 Å². The average molecular weight is 727 g/mol. The van der Waals surface area contributed by atoms with Gasteiger partial charge in [0.15, 0.2) is 23.3 Å². The summed E-state index contributed by atoms with van der Waals surface area (Å²) in [4.78, 5) is 57.3. The summed E-state index contributed by atoms with van der Waals surface area (Å²) in [7, 11) is 0. The Morgan fingerprint density at radius 3 is 0.911 bits per heavy atom. The van der Waals surface area contributed by atoms with Gasteiger partial charge in [-0.05, 0) is 93.0 Å². The Bertz CT molecular complexity index is 2850. The Hall–Kier alpha value is -7.08. The molecule has 266 valence electrons. The van der Waals surface area contributed by atoms with Crippen molar-refractivity contribution in [2.45, 2.75) is 51.9 Å². The molecule has 8 bridgehead atoms. The van der Waals surface area contributed by atoms with E-state index in [4.69, 9.17) is 29.9 Å². The van der Waals surface area contributed by atoms with Gasteiger partial charge in [0.2, 0.25) is 0 Å². The Labute approximate surface area is 318 Å². The lowest BCUT2D eigenvalue weighted by Gasteiger charge is -2.12. The van der Waals surface area contributed by atoms with E-state index in [1.54, 1.807) is 0 Å². The molecule has 0 saturated carbocycles. The number of hydrogen-bond donors (Lipinski definition) is 2. The molecule has 0 aliphatic carbocycles. The van der Waals surface area contributed by atoms with E-state index in [0.717, 1.165) is 69.5 Å². The van der Waals surface area contributed by atoms with Crippen molar-refractivity contribution in [3.05, 3.63) is 93.0 Å². The Kier molecular flexibility index (Phi) is 6.07. The highest BCUT2D eigenvalue weighted by atomic mass is 15.1. The Balaban J connectivity index is 1.19. The number of aliphatic imine (C=N–C) groups is 4. The lowest BCUT2D eigenvalue weighted by Crippen LogP contribution is -2.01. The molecule has 0 saturated heterocycles. The second kappa shape index (κ2) is 11.2. The fraction of sp³-hybridized carbons (Fsp3) is 0.182. The number of aromatic nitrogens is 8. The molecule has 12 nitrogen and oxygen atoms in total. The number of H-pyrrole nitrogens is 2. The van der Waals surface area contributed by atoms with Crippen LogP contribution >= 0.6 is 0 Å². The molecule has 3 aromatic heterocycles. The number of nitrogens with one attached hydrogen (secondary N) is 2. The van der Waals surface area contributed by atoms with E-state index in [2.05, 4.69) is 78.5 Å². The zero-order chi connectivity index (χ0) is 36.5. The van der Waals surface area contributed by atoms with Gasteiger partial charge in [-0.1, -0.05) is 0 Å². The standard InChI is InChI=1S/C44H30N12/c1-5-45-17-25-13-33-29(9-21(1)25)37-49-38-30-10-22-2-6-47-19-27(22)15-35(30)43(51-38)56-44-36-16-28-20-48-8-4-24(28)12-32(36)40(55-44)54-42-34-14-26-18-46-7-3-23(26)11-31(34)39(53-42)52-41(33)50-37/h5-16H,1-4,17-20H2,(H2,49,50,51,52,53,54,55,56). The van der Waals surface area contributed by atoms with Crippen LogP contribution in [0.15, 0.2) is 68.5 Å². The van der Waals surface area contributed by atoms with Gasteiger partial charge in [0.1, 0.15) is 22.6 Å². The molecule has 0 radical (unpaired) electrons. The maximum Gasteiger partial charge on any atom is 0.164 e. The van der Waals surface area contributed by atoms with E-state index in [0.29, 0.717) is 72.1 Å². The summed E-state index contributed by atoms with van der Waals surface area (Å²) in [6, 6.07) is 17.7. The molecule has 6 aliphatic rings. The molecule has 0 spiro atoms. The van der Waals surface area contributed by atoms with Gasteiger partial charge in [-0.25, -0.2) is 29.9 Å². The van der Waals surface area contributed by atoms with E-state index in [1.165, 1.54) is 44.5 Å². The van der Waals surface area contributed by atoms with Crippen LogP contribution in [0, 0.1) is 0 Å². The number of rotatable bonds is 0. The minimum absolute atomic E-state index is 0.591. The summed E-state index contributed by atoms with van der Waals surface area (Å²) in [6.45, 7) is 2.52. The Morgan fingerprint density at radius 2 is 0.571 bits per heavy atom. The second-order valence-electron chi connectivity index (χ2n) is 15.2. The van der Waals surface area contributed by atoms with Gasteiger partial charge in [-0.3, -0.25) is 20.0 Å². The van der Waals surface area contributed by atoms with Gasteiger partial charge in [0, 0.05) is 94.3 Å². The SMILES string of the molecule is C1=NCc2cc3c(cc2C1)-c1nc-3nc2[nH]c(nc3nc(nc4[nH]c(n1)c1cc5c(cc41)CN=CC5)-c1cc4c(cc1-3)CC=NC4)c1cc3c(cc21)CC=NC3. The lowest BCUT2D eigenvalue weighted by molar-refractivity contribution is 1.01. The summed E-state index contributed by atoms with van der Waals surface area (Å²) >= 11 is 0. The summed E-state index contributed by atoms with van der Waals surface area (Å²) in [5.41, 5.74) is 16.1. The first-order chi connectivity index (χ1) is 27.7. The third-order valence-electron chi connectivity index (χ3n) is 11.9. The van der Waals surface area contributed by atoms with Crippen LogP contribution in [-0.4, -0.2) is 64.7 Å². The van der Waals surface area contributed by atoms with Crippen molar-refractivity contribution >= 4 is 69.0 Å². The second-order valence-corrected chi connectivity index (χ2v) is 15.2. The Morgan fingerprint density at radius 1 is 0.304 bits per heavy atom. The molecule has 0 atom stereocenters. The topological polar surface area (TPSA) is 158 Å². The van der Waals surface area contributed by atoms with Crippen LogP contribution < -0.4 is 0 Å². The van der Waals surface area contributed by atoms with Crippen LogP contribution in [0.5, 0.6) is 0 Å². The summed E-state index contributed by atoms with van der Waals surface area (Å²) in [5, 5.41) is 3.87. The number of benzene rings is 4. The number of aromatic amines is 2. The largest absolute Gasteiger partial charge is 0.324 e. The van der Waals surface area contributed by atoms with Crippen molar-refractivity contribution in [2.75, 3.05) is 0 Å². The lowest BCUT2D eigenvalue weighted by atomic mass is 9.95. The van der Waals surface area contributed by atoms with Gasteiger partial charge in [-0.15, -0.1) is 0 Å². The molecule has 0 fully saturated rings. The van der Waals surface area contributed by atoms with Crippen LogP contribution in [0.2, 0.25) is 0 Å². The van der Waals surface area contributed by atoms with Crippen LogP contribution in [0.4, 0.5) is 0 Å². The summed E-state index contributed by atoms with van der Waals surface area (Å²) in [5.74, 6) is 2.39. The van der Waals surface area contributed by atoms with Crippen molar-refractivity contribution in [2.24, 2.45) is 20.0 Å². The highest BCUT2D eigenvalue weighted by Crippen LogP contribution is 2.41. The van der Waals surface area contributed by atoms with Gasteiger partial charge in [-0.2, -0.15) is 0 Å². The normalized spacial score (nSPS) is 15.7. The monoisotopic (exact) mass is 726 g/mol. The maximum absolute atomic E-state index is 5.33. The van der Waals surface area contributed by atoms with Crippen LogP contribution in [0.25, 0.3) is 89.7 Å². The molecule has 0 amide bonds. The van der Waals surface area contributed by atoms with Gasteiger partial charge in [0.05, 0.1) is 26.2 Å². The van der Waals surface area contributed by atoms with Gasteiger partial charge in [0.25, 0.3) is 0 Å². The smallest absolute Gasteiger partial charge is 0.164 e. The highest BCUT2D eigenvalue weighted by Gasteiger charge is 2.26. The first-order valence-corrected chi connectivity index (χ1v) is 19.1. The van der Waals surface area contributed by atoms with Crippen molar-refractivity contribution in [1.82, 2.24) is 39.9 Å². The minimum Gasteiger partial charge on any atom is -0.324 e. The van der Waals surface area contributed by atoms with E-state index in [9.17, 15) is 0 Å². The fourth-order valence-electron chi connectivity index (χ4n) is 8.99. The molecule has 0 unspecified atom stereocenters. The van der Waals surface area contributed by atoms with Gasteiger partial charge < -0.3 is 9.97 Å². The van der Waals surface area contributed by atoms with E-state index in [-0.39, 0.29) is 0 Å². The zero-order valence-electron chi connectivity index (χ0n) is 30.1. The quantitative estimate of drug-likeness (QED) is 0.166. The first kappa shape index (κ1) is 30.3. The average Bonchev–Trinajstić information content (AvgIpc) is 3.95. The molecule has 7 aromatic rings. The molecule has 56 heavy (non-hydrogen) atoms. The minimum atomic E-state index is 0.591. The number of nitrogens with zero attached hydrogens (tertiary/aromatic N) is 10. The summed E-state index contributed by atoms with van der Waals surface area (Å²) in [6.07, 6.45) is 11.0. The predicted octanol–water partition coefficient (Wildman–Crippen LogP) is 7.38. The van der Waals surface area contributed by atoms with E-state index < -0.39 is 0 Å². The van der Waals surface area contributed by atoms with Crippen LogP contribution in [-0.2, 0) is 51.9 Å². The molecule has 12 heteroatoms. The molecule has 13 rings (SSSR count). The van der Waals surface area contributed by atoms with Crippen molar-refractivity contribution in [1.29, 1.82) is 0 Å². The molecule has 4 aromatic carbocycles. The van der Waals surface area contributed by atoms with Crippen molar-refractivity contribution in [3.8, 4) is 45.6 Å². The molecular formula is C44H30N12. The first-order valence-electron chi connectivity index (χ1n) is 19.1. The number of hydrogen-bond acceptors (Lipinski definition) is 10. The fourth-order valence-corrected chi connectivity index (χ4v) is 8.99. The van der Waals surface area contributed by atoms with E-state index >= 15 is 0 Å². The van der Waals surface area contributed by atoms with Gasteiger partial charge >= 0.3 is 0 Å².